The van der Waals surface area contributed by atoms with Crippen molar-refractivity contribution in [2.75, 3.05) is 0 Å². The van der Waals surface area contributed by atoms with Crippen LogP contribution in [0.5, 0.6) is 0 Å². The number of hydrogen-bond acceptors (Lipinski definition) is 3. The minimum atomic E-state index is -0.505. The number of nitrogens with zero attached hydrogens (tertiary/aromatic N) is 3. The number of rotatable bonds is 0. The fourth-order valence-corrected chi connectivity index (χ4v) is 0.507. The molecule has 1 atom stereocenters. The van der Waals surface area contributed by atoms with Crippen molar-refractivity contribution < 1.29 is 0 Å². The predicted octanol–water partition coefficient (Wildman–Crippen LogP) is 1.03. The van der Waals surface area contributed by atoms with E-state index in [1.165, 1.54) is 17.1 Å². The average molecular weight is 152 g/mol. The highest BCUT2D eigenvalue weighted by Crippen LogP contribution is 2.08. The molecule has 5 heteroatoms. The highest BCUT2D eigenvalue weighted by Gasteiger charge is 2.08. The van der Waals surface area contributed by atoms with Crippen LogP contribution in [0.25, 0.3) is 0 Å². The highest BCUT2D eigenvalue weighted by molar-refractivity contribution is 6.28. The molecule has 1 unspecified atom stereocenters. The van der Waals surface area contributed by atoms with Crippen LogP contribution in [0.15, 0.2) is 9.98 Å². The van der Waals surface area contributed by atoms with E-state index in [1.54, 1.807) is 0 Å². The van der Waals surface area contributed by atoms with Crippen LogP contribution in [0, 0.1) is 0 Å². The van der Waals surface area contributed by atoms with Crippen LogP contribution in [-0.2, 0) is 0 Å². The van der Waals surface area contributed by atoms with Crippen molar-refractivity contribution in [1.29, 1.82) is 0 Å². The van der Waals surface area contributed by atoms with E-state index in [9.17, 15) is 0 Å². The highest BCUT2D eigenvalue weighted by atomic mass is 35.5. The number of hydrogen-bond donors (Lipinski definition) is 0. The third kappa shape index (κ3) is 1.11. The van der Waals surface area contributed by atoms with Crippen molar-refractivity contribution in [3.63, 3.8) is 0 Å². The monoisotopic (exact) mass is 151 g/mol. The lowest BCUT2D eigenvalue weighted by Crippen LogP contribution is -2.20. The topological polar surface area (TPSA) is 28.0 Å². The van der Waals surface area contributed by atoms with Crippen LogP contribution in [0.2, 0.25) is 0 Å². The molecule has 0 bridgehead atoms. The van der Waals surface area contributed by atoms with Crippen LogP contribution in [-0.4, -0.2) is 22.7 Å². The van der Waals surface area contributed by atoms with Crippen molar-refractivity contribution >= 4 is 36.1 Å². The van der Waals surface area contributed by atoms with E-state index in [1.807, 2.05) is 0 Å². The van der Waals surface area contributed by atoms with Gasteiger partial charge in [-0.05, 0) is 0 Å². The predicted molar refractivity (Wildman–Crippen MR) is 34.3 cm³/mol. The van der Waals surface area contributed by atoms with E-state index in [0.717, 1.165) is 0 Å². The zero-order valence-corrected chi connectivity index (χ0v) is 5.34. The van der Waals surface area contributed by atoms with Gasteiger partial charge in [0.25, 0.3) is 0 Å². The van der Waals surface area contributed by atoms with Crippen molar-refractivity contribution in [2.45, 2.75) is 5.62 Å². The molecular weight excluding hydrogens is 149 g/mol. The largest absolute Gasteiger partial charge is 0.237 e. The molecule has 0 aliphatic carbocycles. The molecular formula is C3H3Cl2N3. The molecule has 0 fully saturated rings. The quantitative estimate of drug-likeness (QED) is 0.289. The van der Waals surface area contributed by atoms with E-state index in [2.05, 4.69) is 9.98 Å². The van der Waals surface area contributed by atoms with Gasteiger partial charge < -0.3 is 0 Å². The Kier molecular flexibility index (Phi) is 1.70. The van der Waals surface area contributed by atoms with E-state index in [-0.39, 0.29) is 0 Å². The van der Waals surface area contributed by atoms with Crippen molar-refractivity contribution in [3.8, 4) is 0 Å². The van der Waals surface area contributed by atoms with Gasteiger partial charge in [-0.1, -0.05) is 11.6 Å². The Bertz CT molecular complexity index is 116. The van der Waals surface area contributed by atoms with E-state index >= 15 is 0 Å². The van der Waals surface area contributed by atoms with Crippen LogP contribution >= 0.6 is 23.4 Å². The molecule has 0 radical (unpaired) electrons. The summed E-state index contributed by atoms with van der Waals surface area (Å²) < 4.78 is 1.18. The first-order chi connectivity index (χ1) is 3.80. The zero-order chi connectivity index (χ0) is 5.98. The molecule has 0 N–H and O–H groups in total. The minimum absolute atomic E-state index is 0.505. The van der Waals surface area contributed by atoms with Gasteiger partial charge in [0.2, 0.25) is 5.62 Å². The molecule has 1 aliphatic heterocycles. The molecule has 8 heavy (non-hydrogen) atoms. The second-order valence-corrected chi connectivity index (χ2v) is 1.96. The lowest BCUT2D eigenvalue weighted by Gasteiger charge is -2.13. The molecule has 0 aromatic carbocycles. The van der Waals surface area contributed by atoms with E-state index < -0.39 is 5.62 Å². The first-order valence-corrected chi connectivity index (χ1v) is 2.71. The molecule has 1 heterocycles. The summed E-state index contributed by atoms with van der Waals surface area (Å²) in [5.41, 5.74) is -0.505. The standard InChI is InChI=1S/C3H3Cl2N3/c4-3-7-1-6-2-8(3)5/h1-3H. The van der Waals surface area contributed by atoms with Crippen LogP contribution in [0.4, 0.5) is 0 Å². The van der Waals surface area contributed by atoms with Gasteiger partial charge >= 0.3 is 0 Å². The minimum Gasteiger partial charge on any atom is -0.237 e. The number of aliphatic imine (C=N–C) groups is 2. The average Bonchev–Trinajstić information content (AvgIpc) is 1.77. The van der Waals surface area contributed by atoms with Crippen LogP contribution in [0.1, 0.15) is 0 Å². The first-order valence-electron chi connectivity index (χ1n) is 1.94. The van der Waals surface area contributed by atoms with Gasteiger partial charge in [0.05, 0.1) is 0 Å². The number of halogens is 2. The molecule has 0 spiro atoms. The molecule has 1 rings (SSSR count). The summed E-state index contributed by atoms with van der Waals surface area (Å²) in [6.07, 6.45) is 2.75. The number of alkyl halides is 1. The maximum absolute atomic E-state index is 5.47. The zero-order valence-electron chi connectivity index (χ0n) is 3.83. The fourth-order valence-electron chi connectivity index (χ4n) is 0.306. The molecule has 0 amide bonds. The third-order valence-corrected chi connectivity index (χ3v) is 1.33. The van der Waals surface area contributed by atoms with Gasteiger partial charge in [0, 0.05) is 11.8 Å². The van der Waals surface area contributed by atoms with Crippen molar-refractivity contribution in [2.24, 2.45) is 9.98 Å². The van der Waals surface area contributed by atoms with Gasteiger partial charge in [0.1, 0.15) is 12.7 Å². The Morgan fingerprint density at radius 1 is 1.62 bits per heavy atom. The second kappa shape index (κ2) is 2.33. The van der Waals surface area contributed by atoms with E-state index in [4.69, 9.17) is 23.4 Å². The third-order valence-electron chi connectivity index (χ3n) is 0.637. The summed E-state index contributed by atoms with van der Waals surface area (Å²) in [7, 11) is 0. The first kappa shape index (κ1) is 5.85. The van der Waals surface area contributed by atoms with Crippen molar-refractivity contribution in [1.82, 2.24) is 4.42 Å². The lowest BCUT2D eigenvalue weighted by atomic mass is 10.9. The van der Waals surface area contributed by atoms with Gasteiger partial charge in [-0.25, -0.2) is 14.4 Å². The maximum atomic E-state index is 5.47. The van der Waals surface area contributed by atoms with Gasteiger partial charge in [0.15, 0.2) is 0 Å². The maximum Gasteiger partial charge on any atom is 0.213 e. The van der Waals surface area contributed by atoms with Gasteiger partial charge in [-0.2, -0.15) is 0 Å². The van der Waals surface area contributed by atoms with E-state index in [0.29, 0.717) is 0 Å². The van der Waals surface area contributed by atoms with Gasteiger partial charge in [-0.15, -0.1) is 0 Å². The lowest BCUT2D eigenvalue weighted by molar-refractivity contribution is 0.626. The van der Waals surface area contributed by atoms with Crippen LogP contribution in [0.3, 0.4) is 0 Å². The Balaban J connectivity index is 2.59. The molecule has 0 saturated heterocycles. The van der Waals surface area contributed by atoms with Crippen molar-refractivity contribution in [3.05, 3.63) is 0 Å². The molecule has 3 nitrogen and oxygen atoms in total. The smallest absolute Gasteiger partial charge is 0.213 e. The molecule has 44 valence electrons. The fraction of sp³-hybridized carbons (Fsp3) is 0.333. The molecule has 1 aliphatic rings. The summed E-state index contributed by atoms with van der Waals surface area (Å²) >= 11 is 10.9. The molecule has 0 saturated carbocycles. The molecule has 0 aromatic heterocycles. The SMILES string of the molecule is ClC1N=CN=CN1Cl. The van der Waals surface area contributed by atoms with Gasteiger partial charge in [-0.3, -0.25) is 0 Å². The molecule has 0 aromatic rings. The van der Waals surface area contributed by atoms with Crippen LogP contribution < -0.4 is 0 Å². The summed E-state index contributed by atoms with van der Waals surface area (Å²) in [4.78, 5) is 7.25. The summed E-state index contributed by atoms with van der Waals surface area (Å²) in [5, 5.41) is 0. The Morgan fingerprint density at radius 3 is 2.75 bits per heavy atom. The Labute approximate surface area is 56.7 Å². The summed E-state index contributed by atoms with van der Waals surface area (Å²) in [6.45, 7) is 0. The summed E-state index contributed by atoms with van der Waals surface area (Å²) in [6, 6.07) is 0. The Morgan fingerprint density at radius 2 is 2.38 bits per heavy atom. The Hall–Kier alpha value is -0.280. The summed E-state index contributed by atoms with van der Waals surface area (Å²) in [5.74, 6) is 0. The second-order valence-electron chi connectivity index (χ2n) is 1.18. The normalized spacial score (nSPS) is 26.8.